The van der Waals surface area contributed by atoms with Gasteiger partial charge in [-0.1, -0.05) is 41.5 Å². The van der Waals surface area contributed by atoms with Crippen LogP contribution < -0.4 is 0 Å². The summed E-state index contributed by atoms with van der Waals surface area (Å²) in [4.78, 5) is 11.4. The summed E-state index contributed by atoms with van der Waals surface area (Å²) in [6.07, 6.45) is 1.61. The molecule has 18 heavy (non-hydrogen) atoms. The molecule has 2 unspecified atom stereocenters. The third kappa shape index (κ3) is 10.4. The Morgan fingerprint density at radius 1 is 0.778 bits per heavy atom. The predicted octanol–water partition coefficient (Wildman–Crippen LogP) is 4.50. The van der Waals surface area contributed by atoms with E-state index in [1.54, 1.807) is 0 Å². The van der Waals surface area contributed by atoms with E-state index in [4.69, 9.17) is 9.47 Å². The monoisotopic (exact) mass is 258 g/mol. The van der Waals surface area contributed by atoms with Crippen molar-refractivity contribution in [2.24, 2.45) is 23.7 Å². The van der Waals surface area contributed by atoms with Crippen molar-refractivity contribution in [2.75, 3.05) is 13.2 Å². The van der Waals surface area contributed by atoms with E-state index >= 15 is 0 Å². The van der Waals surface area contributed by atoms with E-state index in [9.17, 15) is 4.79 Å². The van der Waals surface area contributed by atoms with Crippen molar-refractivity contribution in [1.29, 1.82) is 0 Å². The second-order valence-electron chi connectivity index (χ2n) is 6.34. The Labute approximate surface area is 112 Å². The molecule has 0 N–H and O–H groups in total. The zero-order valence-electron chi connectivity index (χ0n) is 12.9. The molecule has 3 nitrogen and oxygen atoms in total. The number of hydrogen-bond donors (Lipinski definition) is 0. The topological polar surface area (TPSA) is 35.5 Å². The first-order valence-corrected chi connectivity index (χ1v) is 7.10. The summed E-state index contributed by atoms with van der Waals surface area (Å²) in [6.45, 7) is 13.8. The van der Waals surface area contributed by atoms with Crippen LogP contribution in [0.5, 0.6) is 0 Å². The summed E-state index contributed by atoms with van der Waals surface area (Å²) in [5.41, 5.74) is 0. The van der Waals surface area contributed by atoms with Gasteiger partial charge in [0.25, 0.3) is 0 Å². The molecule has 0 rings (SSSR count). The van der Waals surface area contributed by atoms with E-state index in [-0.39, 0.29) is 0 Å². The fourth-order valence-corrected chi connectivity index (χ4v) is 2.21. The lowest BCUT2D eigenvalue weighted by Crippen LogP contribution is -2.17. The number of hydrogen-bond acceptors (Lipinski definition) is 3. The quantitative estimate of drug-likeness (QED) is 0.601. The Balaban J connectivity index is 3.65. The lowest BCUT2D eigenvalue weighted by atomic mass is 10.00. The molecule has 0 heterocycles. The van der Waals surface area contributed by atoms with Gasteiger partial charge in [0.05, 0.1) is 13.2 Å². The van der Waals surface area contributed by atoms with E-state index in [1.807, 2.05) is 0 Å². The molecule has 0 fully saturated rings. The van der Waals surface area contributed by atoms with E-state index in [2.05, 4.69) is 41.5 Å². The zero-order chi connectivity index (χ0) is 14.1. The van der Waals surface area contributed by atoms with Crippen LogP contribution >= 0.6 is 0 Å². The Morgan fingerprint density at radius 2 is 1.11 bits per heavy atom. The molecule has 0 aromatic heterocycles. The Morgan fingerprint density at radius 3 is 1.39 bits per heavy atom. The highest BCUT2D eigenvalue weighted by Gasteiger charge is 2.12. The fourth-order valence-electron chi connectivity index (χ4n) is 2.21. The lowest BCUT2D eigenvalue weighted by molar-refractivity contribution is 0.0339. The molecule has 3 heteroatoms. The molecule has 0 radical (unpaired) electrons. The maximum atomic E-state index is 11.4. The van der Waals surface area contributed by atoms with Gasteiger partial charge in [-0.15, -0.1) is 0 Å². The smallest absolute Gasteiger partial charge is 0.434 e. The highest BCUT2D eigenvalue weighted by atomic mass is 16.7. The summed E-state index contributed by atoms with van der Waals surface area (Å²) in [5, 5.41) is 0. The van der Waals surface area contributed by atoms with Crippen LogP contribution in [0.2, 0.25) is 0 Å². The molecule has 0 aliphatic heterocycles. The number of carbonyl (C=O) groups excluding carboxylic acids is 1. The van der Waals surface area contributed by atoms with Crippen LogP contribution in [0.4, 0.5) is 4.79 Å². The maximum absolute atomic E-state index is 11.4. The minimum Gasteiger partial charge on any atom is -0.434 e. The predicted molar refractivity (Wildman–Crippen MR) is 74.5 cm³/mol. The third-order valence-electron chi connectivity index (χ3n) is 2.72. The third-order valence-corrected chi connectivity index (χ3v) is 2.72. The van der Waals surface area contributed by atoms with Crippen LogP contribution in [0.25, 0.3) is 0 Å². The molecule has 0 aliphatic carbocycles. The van der Waals surface area contributed by atoms with E-state index in [0.29, 0.717) is 36.9 Å². The van der Waals surface area contributed by atoms with Gasteiger partial charge in [0.2, 0.25) is 0 Å². The maximum Gasteiger partial charge on any atom is 0.508 e. The molecule has 0 spiro atoms. The molecule has 0 aliphatic rings. The van der Waals surface area contributed by atoms with Crippen LogP contribution in [-0.4, -0.2) is 19.4 Å². The van der Waals surface area contributed by atoms with Crippen molar-refractivity contribution in [3.63, 3.8) is 0 Å². The molecular formula is C15H30O3. The molecule has 0 saturated carbocycles. The molecule has 0 bridgehead atoms. The van der Waals surface area contributed by atoms with Gasteiger partial charge in [-0.3, -0.25) is 0 Å². The summed E-state index contributed by atoms with van der Waals surface area (Å²) >= 11 is 0. The zero-order valence-corrected chi connectivity index (χ0v) is 12.9. The van der Waals surface area contributed by atoms with E-state index < -0.39 is 6.16 Å². The van der Waals surface area contributed by atoms with Crippen molar-refractivity contribution in [2.45, 2.75) is 54.4 Å². The lowest BCUT2D eigenvalue weighted by Gasteiger charge is -2.16. The standard InChI is InChI=1S/C15H30O3/c1-11(2)7-13(5)9-17-15(16)18-10-14(6)8-12(3)4/h11-14H,7-10H2,1-6H3. The Bertz CT molecular complexity index is 202. The van der Waals surface area contributed by atoms with Gasteiger partial charge in [0, 0.05) is 0 Å². The van der Waals surface area contributed by atoms with Gasteiger partial charge in [0.1, 0.15) is 0 Å². The molecule has 0 aromatic carbocycles. The second-order valence-corrected chi connectivity index (χ2v) is 6.34. The summed E-state index contributed by atoms with van der Waals surface area (Å²) < 4.78 is 10.2. The van der Waals surface area contributed by atoms with Crippen molar-refractivity contribution in [3.05, 3.63) is 0 Å². The SMILES string of the molecule is CC(C)CC(C)COC(=O)OCC(C)CC(C)C. The van der Waals surface area contributed by atoms with Gasteiger partial charge >= 0.3 is 6.16 Å². The van der Waals surface area contributed by atoms with Crippen molar-refractivity contribution in [3.8, 4) is 0 Å². The van der Waals surface area contributed by atoms with Gasteiger partial charge < -0.3 is 9.47 Å². The van der Waals surface area contributed by atoms with Gasteiger partial charge in [-0.25, -0.2) is 4.79 Å². The normalized spacial score (nSPS) is 14.7. The first-order chi connectivity index (χ1) is 8.31. The average Bonchev–Trinajstić information content (AvgIpc) is 2.21. The fraction of sp³-hybridized carbons (Fsp3) is 0.933. The Kier molecular flexibility index (Phi) is 8.86. The summed E-state index contributed by atoms with van der Waals surface area (Å²) in [6, 6.07) is 0. The largest absolute Gasteiger partial charge is 0.508 e. The molecular weight excluding hydrogens is 228 g/mol. The van der Waals surface area contributed by atoms with Gasteiger partial charge in [-0.2, -0.15) is 0 Å². The van der Waals surface area contributed by atoms with E-state index in [1.165, 1.54) is 0 Å². The number of carbonyl (C=O) groups is 1. The summed E-state index contributed by atoms with van der Waals surface area (Å²) in [5.74, 6) is 2.05. The average molecular weight is 258 g/mol. The molecule has 2 atom stereocenters. The van der Waals surface area contributed by atoms with Crippen LogP contribution in [0.15, 0.2) is 0 Å². The molecule has 0 aromatic rings. The van der Waals surface area contributed by atoms with Crippen LogP contribution in [0, 0.1) is 23.7 Å². The van der Waals surface area contributed by atoms with Crippen LogP contribution in [0.1, 0.15) is 54.4 Å². The first kappa shape index (κ1) is 17.3. The first-order valence-electron chi connectivity index (χ1n) is 7.10. The van der Waals surface area contributed by atoms with Crippen LogP contribution in [-0.2, 0) is 9.47 Å². The minimum absolute atomic E-state index is 0.394. The van der Waals surface area contributed by atoms with E-state index in [0.717, 1.165) is 12.8 Å². The Hall–Kier alpha value is -0.730. The van der Waals surface area contributed by atoms with Gasteiger partial charge in [0.15, 0.2) is 0 Å². The number of ether oxygens (including phenoxy) is 2. The van der Waals surface area contributed by atoms with Crippen molar-refractivity contribution >= 4 is 6.16 Å². The molecule has 0 amide bonds. The second kappa shape index (κ2) is 9.23. The molecule has 108 valence electrons. The van der Waals surface area contributed by atoms with Crippen molar-refractivity contribution < 1.29 is 14.3 Å². The molecule has 0 saturated heterocycles. The van der Waals surface area contributed by atoms with Gasteiger partial charge in [-0.05, 0) is 36.5 Å². The highest BCUT2D eigenvalue weighted by Crippen LogP contribution is 2.13. The van der Waals surface area contributed by atoms with Crippen molar-refractivity contribution in [1.82, 2.24) is 0 Å². The van der Waals surface area contributed by atoms with Crippen LogP contribution in [0.3, 0.4) is 0 Å². The minimum atomic E-state index is -0.527. The highest BCUT2D eigenvalue weighted by molar-refractivity contribution is 5.59. The number of rotatable bonds is 8. The summed E-state index contributed by atoms with van der Waals surface area (Å²) in [7, 11) is 0.